The Bertz CT molecular complexity index is 573. The molecule has 0 aliphatic carbocycles. The van der Waals surface area contributed by atoms with Crippen molar-refractivity contribution in [2.24, 2.45) is 0 Å². The predicted molar refractivity (Wildman–Crippen MR) is 86.3 cm³/mol. The van der Waals surface area contributed by atoms with Crippen LogP contribution in [0.1, 0.15) is 29.7 Å². The fraction of sp³-hybridized carbons (Fsp3) is 0.333. The molecule has 0 heterocycles. The summed E-state index contributed by atoms with van der Waals surface area (Å²) in [6.45, 7) is 2.18. The monoisotopic (exact) mass is 285 g/mol. The molecule has 112 valence electrons. The van der Waals surface area contributed by atoms with Crippen LogP contribution in [0, 0.1) is 0 Å². The van der Waals surface area contributed by atoms with Crippen LogP contribution < -0.4 is 14.8 Å². The summed E-state index contributed by atoms with van der Waals surface area (Å²) in [7, 11) is 5.32. The van der Waals surface area contributed by atoms with Gasteiger partial charge in [0.05, 0.1) is 20.3 Å². The highest BCUT2D eigenvalue weighted by Crippen LogP contribution is 2.31. The number of ether oxygens (including phenoxy) is 2. The fourth-order valence-corrected chi connectivity index (χ4v) is 2.64. The highest BCUT2D eigenvalue weighted by molar-refractivity contribution is 5.44. The Hall–Kier alpha value is -2.00. The molecule has 0 aromatic heterocycles. The van der Waals surface area contributed by atoms with Crippen LogP contribution >= 0.6 is 0 Å². The van der Waals surface area contributed by atoms with Gasteiger partial charge in [-0.05, 0) is 42.3 Å². The van der Waals surface area contributed by atoms with Crippen molar-refractivity contribution in [1.82, 2.24) is 5.32 Å². The SMILES string of the molecule is CCc1ccccc1C(NC)c1cc(OC)cc(OC)c1. The van der Waals surface area contributed by atoms with E-state index in [-0.39, 0.29) is 6.04 Å². The average molecular weight is 285 g/mol. The van der Waals surface area contributed by atoms with Crippen LogP contribution in [0.3, 0.4) is 0 Å². The van der Waals surface area contributed by atoms with Crippen LogP contribution in [0.4, 0.5) is 0 Å². The third-order valence-corrected chi connectivity index (χ3v) is 3.74. The molecule has 0 saturated carbocycles. The summed E-state index contributed by atoms with van der Waals surface area (Å²) in [6, 6.07) is 14.6. The van der Waals surface area contributed by atoms with E-state index >= 15 is 0 Å². The minimum atomic E-state index is 0.116. The van der Waals surface area contributed by atoms with Crippen LogP contribution in [-0.4, -0.2) is 21.3 Å². The zero-order valence-electron chi connectivity index (χ0n) is 13.1. The second-order valence-electron chi connectivity index (χ2n) is 4.92. The van der Waals surface area contributed by atoms with Crippen LogP contribution in [0.15, 0.2) is 42.5 Å². The van der Waals surface area contributed by atoms with Gasteiger partial charge in [-0.1, -0.05) is 31.2 Å². The highest BCUT2D eigenvalue weighted by Gasteiger charge is 2.16. The molecular formula is C18H23NO2. The Labute approximate surface area is 126 Å². The van der Waals surface area contributed by atoms with Crippen LogP contribution in [0.25, 0.3) is 0 Å². The quantitative estimate of drug-likeness (QED) is 0.880. The van der Waals surface area contributed by atoms with E-state index in [9.17, 15) is 0 Å². The summed E-state index contributed by atoms with van der Waals surface area (Å²) in [4.78, 5) is 0. The fourth-order valence-electron chi connectivity index (χ4n) is 2.64. The third-order valence-electron chi connectivity index (χ3n) is 3.74. The van der Waals surface area contributed by atoms with Gasteiger partial charge in [-0.15, -0.1) is 0 Å². The number of aryl methyl sites for hydroxylation is 1. The summed E-state index contributed by atoms with van der Waals surface area (Å²) >= 11 is 0. The van der Waals surface area contributed by atoms with Gasteiger partial charge in [0, 0.05) is 6.07 Å². The van der Waals surface area contributed by atoms with E-state index in [0.29, 0.717) is 0 Å². The lowest BCUT2D eigenvalue weighted by atomic mass is 9.93. The topological polar surface area (TPSA) is 30.5 Å². The van der Waals surface area contributed by atoms with E-state index in [1.165, 1.54) is 11.1 Å². The van der Waals surface area contributed by atoms with Crippen LogP contribution in [0.2, 0.25) is 0 Å². The van der Waals surface area contributed by atoms with Crippen molar-refractivity contribution in [2.75, 3.05) is 21.3 Å². The van der Waals surface area contributed by atoms with E-state index in [1.807, 2.05) is 13.1 Å². The van der Waals surface area contributed by atoms with Crippen molar-refractivity contribution in [3.05, 3.63) is 59.2 Å². The molecule has 0 aliphatic rings. The molecule has 1 unspecified atom stereocenters. The standard InChI is InChI=1S/C18H23NO2/c1-5-13-8-6-7-9-17(13)18(19-2)14-10-15(20-3)12-16(11-14)21-4/h6-12,18-19H,5H2,1-4H3. The molecule has 2 rings (SSSR count). The number of hydrogen-bond donors (Lipinski definition) is 1. The molecule has 0 fully saturated rings. The van der Waals surface area contributed by atoms with Crippen LogP contribution in [-0.2, 0) is 6.42 Å². The minimum Gasteiger partial charge on any atom is -0.497 e. The largest absolute Gasteiger partial charge is 0.497 e. The van der Waals surface area contributed by atoms with Crippen molar-refractivity contribution < 1.29 is 9.47 Å². The first-order valence-electron chi connectivity index (χ1n) is 7.21. The molecule has 21 heavy (non-hydrogen) atoms. The van der Waals surface area contributed by atoms with Crippen molar-refractivity contribution in [2.45, 2.75) is 19.4 Å². The first-order chi connectivity index (χ1) is 10.2. The zero-order valence-corrected chi connectivity index (χ0v) is 13.1. The van der Waals surface area contributed by atoms with E-state index in [0.717, 1.165) is 23.5 Å². The van der Waals surface area contributed by atoms with Gasteiger partial charge in [0.1, 0.15) is 11.5 Å². The second kappa shape index (κ2) is 7.14. The number of hydrogen-bond acceptors (Lipinski definition) is 3. The van der Waals surface area contributed by atoms with Crippen molar-refractivity contribution >= 4 is 0 Å². The molecule has 1 N–H and O–H groups in total. The Morgan fingerprint density at radius 1 is 1.00 bits per heavy atom. The molecule has 1 atom stereocenters. The molecule has 0 aliphatic heterocycles. The van der Waals surface area contributed by atoms with Crippen molar-refractivity contribution in [1.29, 1.82) is 0 Å². The number of nitrogens with one attached hydrogen (secondary N) is 1. The predicted octanol–water partition coefficient (Wildman–Crippen LogP) is 3.58. The first kappa shape index (κ1) is 15.4. The number of methoxy groups -OCH3 is 2. The Morgan fingerprint density at radius 3 is 2.14 bits per heavy atom. The van der Waals surface area contributed by atoms with E-state index in [1.54, 1.807) is 14.2 Å². The van der Waals surface area contributed by atoms with Gasteiger partial charge in [-0.2, -0.15) is 0 Å². The highest BCUT2D eigenvalue weighted by atomic mass is 16.5. The van der Waals surface area contributed by atoms with Gasteiger partial charge in [-0.25, -0.2) is 0 Å². The van der Waals surface area contributed by atoms with E-state index in [4.69, 9.17) is 9.47 Å². The zero-order chi connectivity index (χ0) is 15.2. The van der Waals surface area contributed by atoms with Gasteiger partial charge in [0.2, 0.25) is 0 Å². The molecule has 0 amide bonds. The summed E-state index contributed by atoms with van der Waals surface area (Å²) in [5.41, 5.74) is 3.77. The van der Waals surface area contributed by atoms with Gasteiger partial charge in [0.15, 0.2) is 0 Å². The first-order valence-corrected chi connectivity index (χ1v) is 7.21. The van der Waals surface area contributed by atoms with Gasteiger partial charge < -0.3 is 14.8 Å². The number of rotatable bonds is 6. The maximum Gasteiger partial charge on any atom is 0.122 e. The average Bonchev–Trinajstić information content (AvgIpc) is 2.55. The van der Waals surface area contributed by atoms with Crippen molar-refractivity contribution in [3.63, 3.8) is 0 Å². The Balaban J connectivity index is 2.50. The van der Waals surface area contributed by atoms with E-state index in [2.05, 4.69) is 48.6 Å². The lowest BCUT2D eigenvalue weighted by molar-refractivity contribution is 0.392. The summed E-state index contributed by atoms with van der Waals surface area (Å²) in [5, 5.41) is 3.40. The second-order valence-corrected chi connectivity index (χ2v) is 4.92. The third kappa shape index (κ3) is 3.37. The normalized spacial score (nSPS) is 12.0. The molecular weight excluding hydrogens is 262 g/mol. The molecule has 3 heteroatoms. The molecule has 2 aromatic carbocycles. The van der Waals surface area contributed by atoms with E-state index < -0.39 is 0 Å². The molecule has 0 spiro atoms. The van der Waals surface area contributed by atoms with Gasteiger partial charge >= 0.3 is 0 Å². The Morgan fingerprint density at radius 2 is 1.62 bits per heavy atom. The number of benzene rings is 2. The minimum absolute atomic E-state index is 0.116. The van der Waals surface area contributed by atoms with Crippen molar-refractivity contribution in [3.8, 4) is 11.5 Å². The lowest BCUT2D eigenvalue weighted by Crippen LogP contribution is -2.19. The maximum absolute atomic E-state index is 5.38. The summed E-state index contributed by atoms with van der Waals surface area (Å²) < 4.78 is 10.8. The van der Waals surface area contributed by atoms with Gasteiger partial charge in [-0.3, -0.25) is 0 Å². The summed E-state index contributed by atoms with van der Waals surface area (Å²) in [5.74, 6) is 1.61. The molecule has 0 radical (unpaired) electrons. The Kier molecular flexibility index (Phi) is 5.23. The molecule has 0 saturated heterocycles. The van der Waals surface area contributed by atoms with Crippen LogP contribution in [0.5, 0.6) is 11.5 Å². The smallest absolute Gasteiger partial charge is 0.122 e. The molecule has 2 aromatic rings. The molecule has 0 bridgehead atoms. The molecule has 3 nitrogen and oxygen atoms in total. The summed E-state index contributed by atoms with van der Waals surface area (Å²) in [6.07, 6.45) is 1.01. The maximum atomic E-state index is 5.38. The lowest BCUT2D eigenvalue weighted by Gasteiger charge is -2.21. The van der Waals surface area contributed by atoms with Gasteiger partial charge in [0.25, 0.3) is 0 Å².